The molecule has 86 valence electrons. The fourth-order valence-corrected chi connectivity index (χ4v) is 2.07. The quantitative estimate of drug-likeness (QED) is 0.818. The van der Waals surface area contributed by atoms with E-state index in [9.17, 15) is 9.90 Å². The third-order valence-corrected chi connectivity index (χ3v) is 3.20. The molecule has 2 rings (SSSR count). The minimum Gasteiger partial charge on any atom is -0.497 e. The zero-order valence-electron chi connectivity index (χ0n) is 9.41. The van der Waals surface area contributed by atoms with E-state index >= 15 is 0 Å². The van der Waals surface area contributed by atoms with Gasteiger partial charge in [-0.05, 0) is 18.1 Å². The van der Waals surface area contributed by atoms with Crippen molar-refractivity contribution in [2.75, 3.05) is 12.4 Å². The van der Waals surface area contributed by atoms with Gasteiger partial charge in [0, 0.05) is 18.2 Å². The fraction of sp³-hybridized carbons (Fsp3) is 0.417. The molecule has 0 spiro atoms. The van der Waals surface area contributed by atoms with Crippen molar-refractivity contribution in [3.8, 4) is 5.75 Å². The smallest absolute Gasteiger partial charge is 0.329 e. The number of benzene rings is 1. The number of hydrogen-bond acceptors (Lipinski definition) is 3. The van der Waals surface area contributed by atoms with Gasteiger partial charge in [0.15, 0.2) is 0 Å². The van der Waals surface area contributed by atoms with Gasteiger partial charge >= 0.3 is 5.97 Å². The Labute approximate surface area is 94.2 Å². The summed E-state index contributed by atoms with van der Waals surface area (Å²) in [5.74, 6) is -0.0614. The van der Waals surface area contributed by atoms with E-state index < -0.39 is 11.5 Å². The van der Waals surface area contributed by atoms with E-state index in [-0.39, 0.29) is 0 Å². The fourth-order valence-electron chi connectivity index (χ4n) is 2.07. The largest absolute Gasteiger partial charge is 0.497 e. The molecule has 1 heterocycles. The van der Waals surface area contributed by atoms with E-state index in [0.717, 1.165) is 17.0 Å². The first-order chi connectivity index (χ1) is 7.61. The van der Waals surface area contributed by atoms with Gasteiger partial charge in [0.05, 0.1) is 7.11 Å². The van der Waals surface area contributed by atoms with Crippen molar-refractivity contribution in [1.29, 1.82) is 0 Å². The second kappa shape index (κ2) is 3.70. The molecule has 1 aromatic carbocycles. The maximum absolute atomic E-state index is 11.3. The summed E-state index contributed by atoms with van der Waals surface area (Å²) in [6.07, 6.45) is 1.08. The van der Waals surface area contributed by atoms with Gasteiger partial charge in [-0.3, -0.25) is 0 Å². The number of ether oxygens (including phenoxy) is 1. The molecule has 2 N–H and O–H groups in total. The molecule has 4 heteroatoms. The second-order valence-electron chi connectivity index (χ2n) is 4.07. The Morgan fingerprint density at radius 3 is 2.94 bits per heavy atom. The number of nitrogens with one attached hydrogen (secondary N) is 1. The third kappa shape index (κ3) is 1.50. The Kier molecular flexibility index (Phi) is 2.50. The molecule has 0 amide bonds. The molecule has 1 atom stereocenters. The number of methoxy groups -OCH3 is 1. The zero-order valence-corrected chi connectivity index (χ0v) is 9.41. The van der Waals surface area contributed by atoms with Crippen LogP contribution in [0.4, 0.5) is 5.69 Å². The molecule has 4 nitrogen and oxygen atoms in total. The molecular weight excluding hydrogens is 206 g/mol. The predicted octanol–water partition coefficient (Wildman–Crippen LogP) is 1.90. The minimum absolute atomic E-state index is 0.526. The van der Waals surface area contributed by atoms with Crippen molar-refractivity contribution in [3.63, 3.8) is 0 Å². The van der Waals surface area contributed by atoms with Crippen molar-refractivity contribution in [2.45, 2.75) is 25.3 Å². The summed E-state index contributed by atoms with van der Waals surface area (Å²) in [7, 11) is 1.60. The molecule has 0 aliphatic carbocycles. The number of fused-ring (bicyclic) bond motifs is 1. The summed E-state index contributed by atoms with van der Waals surface area (Å²) < 4.78 is 5.11. The molecule has 0 fully saturated rings. The van der Waals surface area contributed by atoms with Crippen LogP contribution in [0.1, 0.15) is 18.9 Å². The van der Waals surface area contributed by atoms with Crippen molar-refractivity contribution in [2.24, 2.45) is 0 Å². The predicted molar refractivity (Wildman–Crippen MR) is 61.0 cm³/mol. The van der Waals surface area contributed by atoms with Crippen LogP contribution in [0.15, 0.2) is 18.2 Å². The van der Waals surface area contributed by atoms with Gasteiger partial charge in [-0.1, -0.05) is 13.0 Å². The van der Waals surface area contributed by atoms with Gasteiger partial charge in [-0.2, -0.15) is 0 Å². The lowest BCUT2D eigenvalue weighted by Crippen LogP contribution is -2.44. The van der Waals surface area contributed by atoms with Crippen molar-refractivity contribution < 1.29 is 14.6 Å². The summed E-state index contributed by atoms with van der Waals surface area (Å²) in [6.45, 7) is 1.88. The molecule has 0 radical (unpaired) electrons. The van der Waals surface area contributed by atoms with E-state index in [4.69, 9.17) is 4.74 Å². The number of carboxylic acids is 1. The molecule has 0 saturated heterocycles. The number of carboxylic acid groups (broad SMARTS) is 1. The molecule has 0 aromatic heterocycles. The summed E-state index contributed by atoms with van der Waals surface area (Å²) in [6, 6.07) is 5.62. The number of anilines is 1. The van der Waals surface area contributed by atoms with Gasteiger partial charge in [-0.25, -0.2) is 4.79 Å². The maximum Gasteiger partial charge on any atom is 0.329 e. The van der Waals surface area contributed by atoms with Crippen molar-refractivity contribution in [1.82, 2.24) is 0 Å². The lowest BCUT2D eigenvalue weighted by atomic mass is 9.92. The van der Waals surface area contributed by atoms with E-state index in [0.29, 0.717) is 12.8 Å². The van der Waals surface area contributed by atoms with E-state index in [1.165, 1.54) is 0 Å². The van der Waals surface area contributed by atoms with Gasteiger partial charge < -0.3 is 15.2 Å². The minimum atomic E-state index is -0.852. The molecule has 0 bridgehead atoms. The summed E-state index contributed by atoms with van der Waals surface area (Å²) in [5, 5.41) is 12.4. The van der Waals surface area contributed by atoms with Gasteiger partial charge in [0.2, 0.25) is 0 Å². The third-order valence-electron chi connectivity index (χ3n) is 3.20. The topological polar surface area (TPSA) is 58.6 Å². The molecule has 1 aliphatic heterocycles. The van der Waals surface area contributed by atoms with E-state index in [1.54, 1.807) is 7.11 Å². The lowest BCUT2D eigenvalue weighted by Gasteiger charge is -2.23. The van der Waals surface area contributed by atoms with Gasteiger partial charge in [-0.15, -0.1) is 0 Å². The van der Waals surface area contributed by atoms with Crippen molar-refractivity contribution in [3.05, 3.63) is 23.8 Å². The highest BCUT2D eigenvalue weighted by atomic mass is 16.5. The lowest BCUT2D eigenvalue weighted by molar-refractivity contribution is -0.142. The standard InChI is InChI=1S/C12H15NO3/c1-3-12(11(14)15)7-8-4-5-9(16-2)6-10(8)13-12/h4-6,13H,3,7H2,1-2H3,(H,14,15). The summed E-state index contributed by atoms with van der Waals surface area (Å²) in [4.78, 5) is 11.3. The number of carbonyl (C=O) groups is 1. The Balaban J connectivity index is 2.36. The first-order valence-electron chi connectivity index (χ1n) is 5.30. The second-order valence-corrected chi connectivity index (χ2v) is 4.07. The van der Waals surface area contributed by atoms with Gasteiger partial charge in [0.25, 0.3) is 0 Å². The summed E-state index contributed by atoms with van der Waals surface area (Å²) in [5.41, 5.74) is 1.04. The highest BCUT2D eigenvalue weighted by molar-refractivity contribution is 5.86. The van der Waals surface area contributed by atoms with Crippen LogP contribution in [0, 0.1) is 0 Å². The molecule has 1 aliphatic rings. The molecule has 0 saturated carbocycles. The first kappa shape index (κ1) is 10.8. The monoisotopic (exact) mass is 221 g/mol. The zero-order chi connectivity index (χ0) is 11.8. The first-order valence-corrected chi connectivity index (χ1v) is 5.30. The Hall–Kier alpha value is -1.71. The van der Waals surface area contributed by atoms with Crippen molar-refractivity contribution >= 4 is 11.7 Å². The Morgan fingerprint density at radius 2 is 2.38 bits per heavy atom. The maximum atomic E-state index is 11.3. The van der Waals surface area contributed by atoms with E-state index in [1.807, 2.05) is 25.1 Å². The van der Waals surface area contributed by atoms with Crippen LogP contribution in [0.5, 0.6) is 5.75 Å². The van der Waals surface area contributed by atoms with Crippen LogP contribution >= 0.6 is 0 Å². The molecular formula is C12H15NO3. The highest BCUT2D eigenvalue weighted by Gasteiger charge is 2.42. The average Bonchev–Trinajstić information content (AvgIpc) is 2.67. The Morgan fingerprint density at radius 1 is 1.62 bits per heavy atom. The normalized spacial score (nSPS) is 22.4. The number of hydrogen-bond donors (Lipinski definition) is 2. The SMILES string of the molecule is CCC1(C(=O)O)Cc2ccc(OC)cc2N1. The molecule has 1 aromatic rings. The van der Waals surface area contributed by atoms with E-state index in [2.05, 4.69) is 5.32 Å². The Bertz CT molecular complexity index is 430. The number of aliphatic carboxylic acids is 1. The molecule has 1 unspecified atom stereocenters. The summed E-state index contributed by atoms with van der Waals surface area (Å²) >= 11 is 0. The van der Waals surface area contributed by atoms with Crippen LogP contribution in [-0.4, -0.2) is 23.7 Å². The van der Waals surface area contributed by atoms with Crippen LogP contribution in [0.25, 0.3) is 0 Å². The highest BCUT2D eigenvalue weighted by Crippen LogP contribution is 2.36. The number of rotatable bonds is 3. The van der Waals surface area contributed by atoms with Crippen LogP contribution in [-0.2, 0) is 11.2 Å². The van der Waals surface area contributed by atoms with Crippen LogP contribution in [0.3, 0.4) is 0 Å². The molecule has 16 heavy (non-hydrogen) atoms. The van der Waals surface area contributed by atoms with Gasteiger partial charge in [0.1, 0.15) is 11.3 Å². The van der Waals surface area contributed by atoms with Crippen LogP contribution < -0.4 is 10.1 Å². The van der Waals surface area contributed by atoms with Crippen LogP contribution in [0.2, 0.25) is 0 Å². The average molecular weight is 221 g/mol.